The Bertz CT molecular complexity index is 1470. The first-order chi connectivity index (χ1) is 17.3. The lowest BCUT2D eigenvalue weighted by atomic mass is 9.96. The summed E-state index contributed by atoms with van der Waals surface area (Å²) in [5.41, 5.74) is 10.9. The second-order valence-corrected chi connectivity index (χ2v) is 11.0. The van der Waals surface area contributed by atoms with Gasteiger partial charge in [-0.3, -0.25) is 5.10 Å². The van der Waals surface area contributed by atoms with Crippen molar-refractivity contribution in [2.75, 3.05) is 22.9 Å². The summed E-state index contributed by atoms with van der Waals surface area (Å²) in [7, 11) is 0. The predicted octanol–water partition coefficient (Wildman–Crippen LogP) is 6.23. The maximum atomic E-state index is 5.30. The largest absolute Gasteiger partial charge is 0.366 e. The van der Waals surface area contributed by atoms with Crippen molar-refractivity contribution in [3.8, 4) is 11.4 Å². The van der Waals surface area contributed by atoms with Crippen molar-refractivity contribution >= 4 is 22.4 Å². The molecule has 0 saturated carbocycles. The molecule has 1 fully saturated rings. The number of anilines is 2. The summed E-state index contributed by atoms with van der Waals surface area (Å²) in [5.74, 6) is 2.47. The SMILES string of the molecule is Cc1ccc(C(C)C)cc1N1CCc2nc(-c3c(C)ccc4[nH]nc(C)c34)nc(N3CC[C@H]3C)c2C1. The van der Waals surface area contributed by atoms with Gasteiger partial charge in [-0.05, 0) is 68.9 Å². The lowest BCUT2D eigenvalue weighted by Gasteiger charge is -2.42. The van der Waals surface area contributed by atoms with E-state index >= 15 is 0 Å². The van der Waals surface area contributed by atoms with Gasteiger partial charge in [-0.1, -0.05) is 32.0 Å². The average molecular weight is 481 g/mol. The molecule has 6 nitrogen and oxygen atoms in total. The number of H-pyrrole nitrogens is 1. The first-order valence-corrected chi connectivity index (χ1v) is 13.3. The van der Waals surface area contributed by atoms with E-state index in [0.29, 0.717) is 12.0 Å². The van der Waals surface area contributed by atoms with Gasteiger partial charge < -0.3 is 9.80 Å². The summed E-state index contributed by atoms with van der Waals surface area (Å²) in [6.07, 6.45) is 2.13. The van der Waals surface area contributed by atoms with Crippen LogP contribution in [0.3, 0.4) is 0 Å². The van der Waals surface area contributed by atoms with E-state index in [1.54, 1.807) is 0 Å². The smallest absolute Gasteiger partial charge is 0.162 e. The molecule has 0 unspecified atom stereocenters. The highest BCUT2D eigenvalue weighted by atomic mass is 15.3. The first-order valence-electron chi connectivity index (χ1n) is 13.3. The lowest BCUT2D eigenvalue weighted by Crippen LogP contribution is -2.47. The molecular weight excluding hydrogens is 444 g/mol. The summed E-state index contributed by atoms with van der Waals surface area (Å²) < 4.78 is 0. The van der Waals surface area contributed by atoms with Crippen molar-refractivity contribution in [2.24, 2.45) is 0 Å². The topological polar surface area (TPSA) is 60.9 Å². The van der Waals surface area contributed by atoms with Crippen LogP contribution < -0.4 is 9.80 Å². The number of nitrogens with one attached hydrogen (secondary N) is 1. The maximum absolute atomic E-state index is 5.30. The second kappa shape index (κ2) is 8.61. The van der Waals surface area contributed by atoms with E-state index in [1.807, 2.05) is 0 Å². The Morgan fingerprint density at radius 2 is 1.81 bits per heavy atom. The summed E-state index contributed by atoms with van der Waals surface area (Å²) in [6, 6.07) is 11.7. The highest BCUT2D eigenvalue weighted by Crippen LogP contribution is 2.39. The molecule has 1 saturated heterocycles. The highest BCUT2D eigenvalue weighted by molar-refractivity contribution is 5.96. The Balaban J connectivity index is 1.48. The zero-order chi connectivity index (χ0) is 25.1. The molecule has 186 valence electrons. The third kappa shape index (κ3) is 3.66. The molecule has 36 heavy (non-hydrogen) atoms. The summed E-state index contributed by atoms with van der Waals surface area (Å²) >= 11 is 0. The predicted molar refractivity (Wildman–Crippen MR) is 148 cm³/mol. The van der Waals surface area contributed by atoms with Gasteiger partial charge in [0, 0.05) is 54.3 Å². The molecule has 6 heteroatoms. The molecule has 2 aromatic heterocycles. The van der Waals surface area contributed by atoms with E-state index < -0.39 is 0 Å². The molecule has 1 N–H and O–H groups in total. The fraction of sp³-hybridized carbons (Fsp3) is 0.433. The zero-order valence-electron chi connectivity index (χ0n) is 22.3. The third-order valence-electron chi connectivity index (χ3n) is 8.21. The van der Waals surface area contributed by atoms with Crippen molar-refractivity contribution in [1.82, 2.24) is 20.2 Å². The van der Waals surface area contributed by atoms with Gasteiger partial charge in [0.25, 0.3) is 0 Å². The number of aromatic nitrogens is 4. The quantitative estimate of drug-likeness (QED) is 0.375. The third-order valence-corrected chi connectivity index (χ3v) is 8.21. The molecule has 4 aromatic rings. The van der Waals surface area contributed by atoms with E-state index in [9.17, 15) is 0 Å². The number of hydrogen-bond donors (Lipinski definition) is 1. The summed E-state index contributed by atoms with van der Waals surface area (Å²) in [6.45, 7) is 16.2. The standard InChI is InChI=1S/C30H36N6/c1-17(2)22-9-7-18(3)26(15-22)35-13-12-24-23(16-35)30(36-14-11-20(36)5)32-29(31-24)27-19(4)8-10-25-28(27)21(6)33-34-25/h7-10,15,17,20H,11-14,16H2,1-6H3,(H,33,34)/t20-/m1/s1. The average Bonchev–Trinajstić information content (AvgIpc) is 3.23. The fourth-order valence-electron chi connectivity index (χ4n) is 5.77. The van der Waals surface area contributed by atoms with Crippen LogP contribution in [0.4, 0.5) is 11.5 Å². The molecule has 2 aliphatic rings. The van der Waals surface area contributed by atoms with Crippen LogP contribution in [-0.4, -0.2) is 39.3 Å². The highest BCUT2D eigenvalue weighted by Gasteiger charge is 2.32. The molecule has 0 amide bonds. The fourth-order valence-corrected chi connectivity index (χ4v) is 5.77. The van der Waals surface area contributed by atoms with E-state index in [2.05, 4.69) is 91.9 Å². The van der Waals surface area contributed by atoms with Crippen LogP contribution >= 0.6 is 0 Å². The minimum Gasteiger partial charge on any atom is -0.366 e. The monoisotopic (exact) mass is 480 g/mol. The number of rotatable bonds is 4. The molecule has 4 heterocycles. The number of aromatic amines is 1. The van der Waals surface area contributed by atoms with Gasteiger partial charge in [0.2, 0.25) is 0 Å². The Hall–Kier alpha value is -3.41. The van der Waals surface area contributed by atoms with Crippen molar-refractivity contribution in [3.05, 3.63) is 64.0 Å². The minimum atomic E-state index is 0.505. The Morgan fingerprint density at radius 1 is 1.00 bits per heavy atom. The van der Waals surface area contributed by atoms with Gasteiger partial charge in [0.1, 0.15) is 5.82 Å². The molecule has 2 aromatic carbocycles. The van der Waals surface area contributed by atoms with Gasteiger partial charge in [0.15, 0.2) is 5.82 Å². The van der Waals surface area contributed by atoms with E-state index in [1.165, 1.54) is 40.1 Å². The molecule has 6 rings (SSSR count). The Morgan fingerprint density at radius 3 is 2.53 bits per heavy atom. The normalized spacial score (nSPS) is 17.6. The molecule has 2 aliphatic heterocycles. The molecule has 0 bridgehead atoms. The van der Waals surface area contributed by atoms with Crippen LogP contribution in [-0.2, 0) is 13.0 Å². The van der Waals surface area contributed by atoms with Crippen molar-refractivity contribution in [1.29, 1.82) is 0 Å². The number of hydrogen-bond acceptors (Lipinski definition) is 5. The number of benzene rings is 2. The van der Waals surface area contributed by atoms with Crippen LogP contribution in [0.2, 0.25) is 0 Å². The van der Waals surface area contributed by atoms with Gasteiger partial charge in [-0.2, -0.15) is 5.10 Å². The van der Waals surface area contributed by atoms with Crippen LogP contribution in [0.15, 0.2) is 30.3 Å². The Labute approximate surface area is 213 Å². The van der Waals surface area contributed by atoms with Gasteiger partial charge in [-0.15, -0.1) is 0 Å². The van der Waals surface area contributed by atoms with Crippen LogP contribution in [0.5, 0.6) is 0 Å². The van der Waals surface area contributed by atoms with Crippen molar-refractivity contribution in [2.45, 2.75) is 72.9 Å². The van der Waals surface area contributed by atoms with Gasteiger partial charge in [0.05, 0.1) is 16.9 Å². The second-order valence-electron chi connectivity index (χ2n) is 11.0. The van der Waals surface area contributed by atoms with E-state index in [0.717, 1.165) is 59.9 Å². The number of nitrogens with zero attached hydrogens (tertiary/aromatic N) is 5. The minimum absolute atomic E-state index is 0.505. The molecule has 0 aliphatic carbocycles. The number of fused-ring (bicyclic) bond motifs is 2. The summed E-state index contributed by atoms with van der Waals surface area (Å²) in [5, 5.41) is 8.79. The molecule has 1 atom stereocenters. The first kappa shape index (κ1) is 23.0. The van der Waals surface area contributed by atoms with Crippen LogP contribution in [0.25, 0.3) is 22.3 Å². The maximum Gasteiger partial charge on any atom is 0.162 e. The van der Waals surface area contributed by atoms with Gasteiger partial charge in [-0.25, -0.2) is 9.97 Å². The van der Waals surface area contributed by atoms with Crippen LogP contribution in [0, 0.1) is 20.8 Å². The molecule has 0 radical (unpaired) electrons. The van der Waals surface area contributed by atoms with E-state index in [4.69, 9.17) is 9.97 Å². The molecule has 0 spiro atoms. The van der Waals surface area contributed by atoms with Crippen molar-refractivity contribution < 1.29 is 0 Å². The summed E-state index contributed by atoms with van der Waals surface area (Å²) in [4.78, 5) is 15.5. The van der Waals surface area contributed by atoms with E-state index in [-0.39, 0.29) is 0 Å². The molecular formula is C30H36N6. The zero-order valence-corrected chi connectivity index (χ0v) is 22.3. The lowest BCUT2D eigenvalue weighted by molar-refractivity contribution is 0.472. The van der Waals surface area contributed by atoms with Gasteiger partial charge >= 0.3 is 0 Å². The number of aryl methyl sites for hydroxylation is 3. The van der Waals surface area contributed by atoms with Crippen molar-refractivity contribution in [3.63, 3.8) is 0 Å². The Kier molecular flexibility index (Phi) is 5.51. The van der Waals surface area contributed by atoms with Crippen LogP contribution in [0.1, 0.15) is 66.8 Å².